The van der Waals surface area contributed by atoms with E-state index in [1.54, 1.807) is 0 Å². The third-order valence-electron chi connectivity index (χ3n) is 2.94. The molecule has 0 fully saturated rings. The van der Waals surface area contributed by atoms with Gasteiger partial charge in [0.15, 0.2) is 0 Å². The number of anilines is 1. The third-order valence-corrected chi connectivity index (χ3v) is 2.94. The lowest BCUT2D eigenvalue weighted by Gasteiger charge is -2.17. The molecule has 0 unspecified atom stereocenters. The number of aromatic nitrogens is 3. The summed E-state index contributed by atoms with van der Waals surface area (Å²) in [7, 11) is 3.30. The molecule has 0 N–H and O–H groups in total. The first-order chi connectivity index (χ1) is 9.12. The van der Waals surface area contributed by atoms with Crippen LogP contribution >= 0.6 is 0 Å². The Labute approximate surface area is 114 Å². The van der Waals surface area contributed by atoms with Crippen molar-refractivity contribution in [1.82, 2.24) is 15.2 Å². The SMILES string of the molecule is CCc1nnc(N(C)CCCC(=O)OC)nc1CC. The first kappa shape index (κ1) is 15.3. The van der Waals surface area contributed by atoms with Gasteiger partial charge in [-0.1, -0.05) is 13.8 Å². The van der Waals surface area contributed by atoms with Crippen molar-refractivity contribution in [3.05, 3.63) is 11.4 Å². The van der Waals surface area contributed by atoms with Crippen molar-refractivity contribution in [2.45, 2.75) is 39.5 Å². The van der Waals surface area contributed by atoms with Crippen molar-refractivity contribution < 1.29 is 9.53 Å². The van der Waals surface area contributed by atoms with E-state index >= 15 is 0 Å². The summed E-state index contributed by atoms with van der Waals surface area (Å²) >= 11 is 0. The molecule has 0 aliphatic carbocycles. The van der Waals surface area contributed by atoms with E-state index in [0.717, 1.165) is 24.2 Å². The van der Waals surface area contributed by atoms with Crippen LogP contribution in [0.2, 0.25) is 0 Å². The molecule has 1 aromatic rings. The number of hydrogen-bond donors (Lipinski definition) is 0. The van der Waals surface area contributed by atoms with Crippen LogP contribution in [-0.2, 0) is 22.4 Å². The van der Waals surface area contributed by atoms with E-state index < -0.39 is 0 Å². The molecule has 106 valence electrons. The minimum absolute atomic E-state index is 0.192. The number of aryl methyl sites for hydroxylation is 2. The highest BCUT2D eigenvalue weighted by Crippen LogP contribution is 2.10. The van der Waals surface area contributed by atoms with Crippen LogP contribution in [0.25, 0.3) is 0 Å². The van der Waals surface area contributed by atoms with E-state index in [2.05, 4.69) is 26.8 Å². The van der Waals surface area contributed by atoms with Gasteiger partial charge in [-0.25, -0.2) is 4.98 Å². The zero-order chi connectivity index (χ0) is 14.3. The van der Waals surface area contributed by atoms with Gasteiger partial charge in [-0.3, -0.25) is 4.79 Å². The average Bonchev–Trinajstić information content (AvgIpc) is 2.45. The summed E-state index contributed by atoms with van der Waals surface area (Å²) in [6.45, 7) is 4.81. The molecular weight excluding hydrogens is 244 g/mol. The van der Waals surface area contributed by atoms with E-state index in [4.69, 9.17) is 0 Å². The summed E-state index contributed by atoms with van der Waals surface area (Å²) in [6.07, 6.45) is 2.81. The summed E-state index contributed by atoms with van der Waals surface area (Å²) in [5, 5.41) is 8.33. The Bertz CT molecular complexity index is 423. The standard InChI is InChI=1S/C13H22N4O2/c1-5-10-11(6-2)15-16-13(14-10)17(3)9-7-8-12(18)19-4/h5-9H2,1-4H3. The molecule has 1 aromatic heterocycles. The Morgan fingerprint density at radius 3 is 2.47 bits per heavy atom. The summed E-state index contributed by atoms with van der Waals surface area (Å²) in [5.74, 6) is 0.418. The molecule has 6 heteroatoms. The Balaban J connectivity index is 2.61. The van der Waals surface area contributed by atoms with E-state index in [1.165, 1.54) is 7.11 Å². The third kappa shape index (κ3) is 4.46. The zero-order valence-electron chi connectivity index (χ0n) is 12.1. The molecule has 0 aliphatic heterocycles. The van der Waals surface area contributed by atoms with Gasteiger partial charge in [0.2, 0.25) is 5.95 Å². The lowest BCUT2D eigenvalue weighted by molar-refractivity contribution is -0.140. The predicted molar refractivity (Wildman–Crippen MR) is 73.1 cm³/mol. The van der Waals surface area contributed by atoms with Crippen molar-refractivity contribution >= 4 is 11.9 Å². The smallest absolute Gasteiger partial charge is 0.305 e. The predicted octanol–water partition coefficient (Wildman–Crippen LogP) is 1.39. The van der Waals surface area contributed by atoms with Crippen molar-refractivity contribution in [2.75, 3.05) is 25.6 Å². The van der Waals surface area contributed by atoms with Crippen LogP contribution in [0.15, 0.2) is 0 Å². The summed E-state index contributed by atoms with van der Waals surface area (Å²) in [6, 6.07) is 0. The molecule has 0 atom stereocenters. The van der Waals surface area contributed by atoms with Crippen LogP contribution in [0.4, 0.5) is 5.95 Å². The molecule has 0 bridgehead atoms. The number of ether oxygens (including phenoxy) is 1. The highest BCUT2D eigenvalue weighted by Gasteiger charge is 2.10. The van der Waals surface area contributed by atoms with Crippen molar-refractivity contribution in [1.29, 1.82) is 0 Å². The Morgan fingerprint density at radius 2 is 1.89 bits per heavy atom. The number of carbonyl (C=O) groups excluding carboxylic acids is 1. The lowest BCUT2D eigenvalue weighted by Crippen LogP contribution is -2.23. The fraction of sp³-hybridized carbons (Fsp3) is 0.692. The van der Waals surface area contributed by atoms with Crippen molar-refractivity contribution in [3.8, 4) is 0 Å². The monoisotopic (exact) mass is 266 g/mol. The normalized spacial score (nSPS) is 10.3. The summed E-state index contributed by atoms with van der Waals surface area (Å²) in [4.78, 5) is 17.5. The van der Waals surface area contributed by atoms with Gasteiger partial charge in [-0.05, 0) is 19.3 Å². The van der Waals surface area contributed by atoms with Crippen LogP contribution in [0.3, 0.4) is 0 Å². The highest BCUT2D eigenvalue weighted by atomic mass is 16.5. The first-order valence-corrected chi connectivity index (χ1v) is 6.62. The molecule has 0 spiro atoms. The fourth-order valence-electron chi connectivity index (χ4n) is 1.75. The van der Waals surface area contributed by atoms with Crippen LogP contribution < -0.4 is 4.90 Å². The van der Waals surface area contributed by atoms with Gasteiger partial charge in [0, 0.05) is 20.0 Å². The quantitative estimate of drug-likeness (QED) is 0.695. The summed E-state index contributed by atoms with van der Waals surface area (Å²) < 4.78 is 4.60. The Kier molecular flexibility index (Phi) is 6.18. The number of rotatable bonds is 7. The van der Waals surface area contributed by atoms with E-state index in [-0.39, 0.29) is 5.97 Å². The second-order valence-corrected chi connectivity index (χ2v) is 4.31. The van der Waals surface area contributed by atoms with Crippen molar-refractivity contribution in [2.24, 2.45) is 0 Å². The minimum atomic E-state index is -0.192. The van der Waals surface area contributed by atoms with Gasteiger partial charge >= 0.3 is 5.97 Å². The van der Waals surface area contributed by atoms with Gasteiger partial charge in [-0.2, -0.15) is 5.10 Å². The van der Waals surface area contributed by atoms with Gasteiger partial charge in [0.1, 0.15) is 0 Å². The molecule has 0 aliphatic rings. The Hall–Kier alpha value is -1.72. The van der Waals surface area contributed by atoms with E-state index in [0.29, 0.717) is 25.3 Å². The van der Waals surface area contributed by atoms with Gasteiger partial charge in [0.05, 0.1) is 18.5 Å². The molecular formula is C13H22N4O2. The second kappa shape index (κ2) is 7.66. The molecule has 0 saturated heterocycles. The second-order valence-electron chi connectivity index (χ2n) is 4.31. The molecule has 1 rings (SSSR count). The number of hydrogen-bond acceptors (Lipinski definition) is 6. The van der Waals surface area contributed by atoms with Crippen LogP contribution in [0.1, 0.15) is 38.1 Å². The van der Waals surface area contributed by atoms with Gasteiger partial charge in [-0.15, -0.1) is 5.10 Å². The topological polar surface area (TPSA) is 68.2 Å². The zero-order valence-corrected chi connectivity index (χ0v) is 12.1. The lowest BCUT2D eigenvalue weighted by atomic mass is 10.2. The van der Waals surface area contributed by atoms with Crippen LogP contribution in [0, 0.1) is 0 Å². The molecule has 0 aromatic carbocycles. The molecule has 0 amide bonds. The van der Waals surface area contributed by atoms with Gasteiger partial charge in [0.25, 0.3) is 0 Å². The fourth-order valence-corrected chi connectivity index (χ4v) is 1.75. The van der Waals surface area contributed by atoms with Gasteiger partial charge < -0.3 is 9.64 Å². The minimum Gasteiger partial charge on any atom is -0.469 e. The number of nitrogens with zero attached hydrogens (tertiary/aromatic N) is 4. The number of esters is 1. The molecule has 1 heterocycles. The average molecular weight is 266 g/mol. The summed E-state index contributed by atoms with van der Waals surface area (Å²) in [5.41, 5.74) is 1.95. The maximum atomic E-state index is 11.0. The largest absolute Gasteiger partial charge is 0.469 e. The van der Waals surface area contributed by atoms with E-state index in [9.17, 15) is 4.79 Å². The van der Waals surface area contributed by atoms with Crippen LogP contribution in [0.5, 0.6) is 0 Å². The van der Waals surface area contributed by atoms with E-state index in [1.807, 2.05) is 18.9 Å². The van der Waals surface area contributed by atoms with Crippen LogP contribution in [-0.4, -0.2) is 41.9 Å². The Morgan fingerprint density at radius 1 is 1.21 bits per heavy atom. The maximum absolute atomic E-state index is 11.0. The molecule has 0 saturated carbocycles. The van der Waals surface area contributed by atoms with Crippen molar-refractivity contribution in [3.63, 3.8) is 0 Å². The maximum Gasteiger partial charge on any atom is 0.305 e. The molecule has 19 heavy (non-hydrogen) atoms. The number of methoxy groups -OCH3 is 1. The number of carbonyl (C=O) groups is 1. The highest BCUT2D eigenvalue weighted by molar-refractivity contribution is 5.69. The first-order valence-electron chi connectivity index (χ1n) is 6.62. The molecule has 6 nitrogen and oxygen atoms in total. The molecule has 0 radical (unpaired) electrons.